The van der Waals surface area contributed by atoms with E-state index >= 15 is 0 Å². The number of hydrogen-bond acceptors (Lipinski definition) is 2. The average Bonchev–Trinajstić information content (AvgIpc) is 3.02. The normalized spacial score (nSPS) is 25.1. The minimum absolute atomic E-state index is 0.762. The van der Waals surface area contributed by atoms with Gasteiger partial charge in [-0.3, -0.25) is 4.90 Å². The van der Waals surface area contributed by atoms with E-state index in [1.807, 2.05) is 0 Å². The molecule has 2 aromatic rings. The van der Waals surface area contributed by atoms with Gasteiger partial charge in [-0.15, -0.1) is 0 Å². The van der Waals surface area contributed by atoms with Crippen LogP contribution >= 0.6 is 0 Å². The molecule has 2 atom stereocenters. The lowest BCUT2D eigenvalue weighted by atomic mass is 9.86. The topological polar surface area (TPSA) is 6.48 Å². The molecule has 2 aliphatic rings. The number of rotatable bonds is 5. The lowest BCUT2D eigenvalue weighted by Crippen LogP contribution is -2.38. The first-order chi connectivity index (χ1) is 13.2. The zero-order chi connectivity index (χ0) is 18.6. The van der Waals surface area contributed by atoms with Crippen LogP contribution in [0, 0.1) is 18.8 Å². The summed E-state index contributed by atoms with van der Waals surface area (Å²) in [6.45, 7) is 12.2. The maximum atomic E-state index is 2.74. The second-order valence-corrected chi connectivity index (χ2v) is 8.85. The fourth-order valence-electron chi connectivity index (χ4n) is 5.15. The van der Waals surface area contributed by atoms with Crippen LogP contribution in [0.15, 0.2) is 54.6 Å². The minimum atomic E-state index is 0.762. The molecule has 2 heteroatoms. The van der Waals surface area contributed by atoms with Crippen molar-refractivity contribution in [2.75, 3.05) is 32.7 Å². The Balaban J connectivity index is 1.27. The molecule has 2 aliphatic heterocycles. The summed E-state index contributed by atoms with van der Waals surface area (Å²) in [4.78, 5) is 5.40. The third-order valence-electron chi connectivity index (χ3n) is 6.80. The summed E-state index contributed by atoms with van der Waals surface area (Å²) in [5.74, 6) is 2.39. The lowest BCUT2D eigenvalue weighted by molar-refractivity contribution is 0.171. The first kappa shape index (κ1) is 18.7. The quantitative estimate of drug-likeness (QED) is 0.743. The molecule has 0 aliphatic carbocycles. The van der Waals surface area contributed by atoms with Crippen LogP contribution < -0.4 is 0 Å². The van der Waals surface area contributed by atoms with Crippen molar-refractivity contribution in [1.29, 1.82) is 0 Å². The molecule has 27 heavy (non-hydrogen) atoms. The molecule has 1 unspecified atom stereocenters. The predicted molar refractivity (Wildman–Crippen MR) is 114 cm³/mol. The van der Waals surface area contributed by atoms with E-state index < -0.39 is 0 Å². The Morgan fingerprint density at radius 2 is 1.56 bits per heavy atom. The number of hydrogen-bond donors (Lipinski definition) is 0. The van der Waals surface area contributed by atoms with Crippen LogP contribution in [-0.4, -0.2) is 42.5 Å². The van der Waals surface area contributed by atoms with Crippen molar-refractivity contribution in [3.63, 3.8) is 0 Å². The molecular formula is C25H34N2. The number of likely N-dealkylation sites (tertiary alicyclic amines) is 2. The smallest absolute Gasteiger partial charge is 0.0233 e. The van der Waals surface area contributed by atoms with Crippen LogP contribution in [0.5, 0.6) is 0 Å². The third kappa shape index (κ3) is 4.62. The molecule has 0 bridgehead atoms. The zero-order valence-electron chi connectivity index (χ0n) is 17.0. The molecule has 2 aromatic carbocycles. The summed E-state index contributed by atoms with van der Waals surface area (Å²) in [5.41, 5.74) is 4.50. The van der Waals surface area contributed by atoms with E-state index in [-0.39, 0.29) is 0 Å². The molecule has 2 fully saturated rings. The van der Waals surface area contributed by atoms with Crippen molar-refractivity contribution in [2.24, 2.45) is 11.8 Å². The van der Waals surface area contributed by atoms with Gasteiger partial charge in [0.2, 0.25) is 0 Å². The molecular weight excluding hydrogens is 328 g/mol. The highest BCUT2D eigenvalue weighted by Gasteiger charge is 2.32. The summed E-state index contributed by atoms with van der Waals surface area (Å²) < 4.78 is 0. The number of aryl methyl sites for hydroxylation is 1. The van der Waals surface area contributed by atoms with Gasteiger partial charge in [-0.25, -0.2) is 0 Å². The maximum absolute atomic E-state index is 2.74. The molecule has 144 valence electrons. The van der Waals surface area contributed by atoms with Gasteiger partial charge in [0.25, 0.3) is 0 Å². The first-order valence-corrected chi connectivity index (χ1v) is 10.7. The van der Waals surface area contributed by atoms with Crippen LogP contribution in [-0.2, 0) is 6.54 Å². The highest BCUT2D eigenvalue weighted by Crippen LogP contribution is 2.32. The van der Waals surface area contributed by atoms with Crippen LogP contribution in [0.2, 0.25) is 0 Å². The van der Waals surface area contributed by atoms with Gasteiger partial charge < -0.3 is 4.90 Å². The molecule has 0 radical (unpaired) electrons. The Hall–Kier alpha value is -1.64. The van der Waals surface area contributed by atoms with E-state index in [4.69, 9.17) is 0 Å². The van der Waals surface area contributed by atoms with E-state index in [1.54, 1.807) is 5.56 Å². The van der Waals surface area contributed by atoms with Crippen LogP contribution in [0.25, 0.3) is 0 Å². The maximum Gasteiger partial charge on any atom is 0.0233 e. The number of benzene rings is 2. The molecule has 2 nitrogen and oxygen atoms in total. The van der Waals surface area contributed by atoms with Gasteiger partial charge in [0, 0.05) is 26.2 Å². The zero-order valence-corrected chi connectivity index (χ0v) is 17.0. The third-order valence-corrected chi connectivity index (χ3v) is 6.80. The summed E-state index contributed by atoms with van der Waals surface area (Å²) in [6, 6.07) is 19.9. The Morgan fingerprint density at radius 1 is 0.852 bits per heavy atom. The molecule has 0 spiro atoms. The Labute approximate surface area is 165 Å². The van der Waals surface area contributed by atoms with Gasteiger partial charge >= 0.3 is 0 Å². The molecule has 0 saturated carbocycles. The van der Waals surface area contributed by atoms with Gasteiger partial charge in [-0.1, -0.05) is 61.5 Å². The first-order valence-electron chi connectivity index (χ1n) is 10.7. The van der Waals surface area contributed by atoms with E-state index in [9.17, 15) is 0 Å². The summed E-state index contributed by atoms with van der Waals surface area (Å²) in [5, 5.41) is 0. The van der Waals surface area contributed by atoms with E-state index in [0.29, 0.717) is 0 Å². The predicted octanol–water partition coefficient (Wildman–Crippen LogP) is 4.94. The van der Waals surface area contributed by atoms with Crippen molar-refractivity contribution in [3.05, 3.63) is 71.3 Å². The van der Waals surface area contributed by atoms with Gasteiger partial charge in [-0.05, 0) is 67.3 Å². The second-order valence-electron chi connectivity index (χ2n) is 8.85. The van der Waals surface area contributed by atoms with Gasteiger partial charge in [0.1, 0.15) is 0 Å². The van der Waals surface area contributed by atoms with Crippen molar-refractivity contribution in [1.82, 2.24) is 9.80 Å². The summed E-state index contributed by atoms with van der Waals surface area (Å²) in [6.07, 6.45) is 2.64. The SMILES string of the molecule is Cc1ccccc1C1CCN(C[C@H]2CN(Cc3ccccc3)CC2C)CC1. The largest absolute Gasteiger partial charge is 0.303 e. The monoisotopic (exact) mass is 362 g/mol. The van der Waals surface area contributed by atoms with Gasteiger partial charge in [0.15, 0.2) is 0 Å². The fourth-order valence-corrected chi connectivity index (χ4v) is 5.15. The molecule has 2 saturated heterocycles. The molecule has 0 amide bonds. The highest BCUT2D eigenvalue weighted by atomic mass is 15.2. The molecule has 0 aromatic heterocycles. The molecule has 4 rings (SSSR count). The summed E-state index contributed by atoms with van der Waals surface area (Å²) >= 11 is 0. The van der Waals surface area contributed by atoms with Crippen molar-refractivity contribution in [3.8, 4) is 0 Å². The molecule has 0 N–H and O–H groups in total. The minimum Gasteiger partial charge on any atom is -0.303 e. The van der Waals surface area contributed by atoms with Crippen molar-refractivity contribution >= 4 is 0 Å². The van der Waals surface area contributed by atoms with Crippen molar-refractivity contribution in [2.45, 2.75) is 39.2 Å². The summed E-state index contributed by atoms with van der Waals surface area (Å²) in [7, 11) is 0. The second kappa shape index (κ2) is 8.58. The van der Waals surface area contributed by atoms with Gasteiger partial charge in [0.05, 0.1) is 0 Å². The standard InChI is InChI=1S/C25H34N2/c1-20-8-6-7-11-25(20)23-12-14-26(15-13-23)18-24-19-27(16-21(24)2)17-22-9-4-3-5-10-22/h3-11,21,23-24H,12-19H2,1-2H3/t21?,24-/m0/s1. The Bertz CT molecular complexity index is 718. The Morgan fingerprint density at radius 3 is 2.30 bits per heavy atom. The van der Waals surface area contributed by atoms with Crippen LogP contribution in [0.1, 0.15) is 42.4 Å². The average molecular weight is 363 g/mol. The van der Waals surface area contributed by atoms with Crippen LogP contribution in [0.3, 0.4) is 0 Å². The Kier molecular flexibility index (Phi) is 5.95. The molecule has 2 heterocycles. The van der Waals surface area contributed by atoms with E-state index in [1.165, 1.54) is 56.7 Å². The van der Waals surface area contributed by atoms with E-state index in [0.717, 1.165) is 24.3 Å². The van der Waals surface area contributed by atoms with E-state index in [2.05, 4.69) is 78.2 Å². The van der Waals surface area contributed by atoms with Crippen molar-refractivity contribution < 1.29 is 0 Å². The van der Waals surface area contributed by atoms with Crippen LogP contribution in [0.4, 0.5) is 0 Å². The highest BCUT2D eigenvalue weighted by molar-refractivity contribution is 5.29. The van der Waals surface area contributed by atoms with Gasteiger partial charge in [-0.2, -0.15) is 0 Å². The lowest BCUT2D eigenvalue weighted by Gasteiger charge is -2.35. The number of nitrogens with zero attached hydrogens (tertiary/aromatic N) is 2. The fraction of sp³-hybridized carbons (Fsp3) is 0.520. The number of piperidine rings is 1.